The van der Waals surface area contributed by atoms with E-state index >= 15 is 0 Å². The van der Waals surface area contributed by atoms with E-state index in [9.17, 15) is 8.42 Å². The molecular formula is C15H25ClN2O2S. The van der Waals surface area contributed by atoms with E-state index in [4.69, 9.17) is 11.6 Å². The van der Waals surface area contributed by atoms with Gasteiger partial charge in [-0.2, -0.15) is 0 Å². The molecule has 0 aromatic heterocycles. The minimum absolute atomic E-state index is 0.145. The molecule has 0 fully saturated rings. The highest BCUT2D eigenvalue weighted by atomic mass is 35.5. The molecular weight excluding hydrogens is 308 g/mol. The molecule has 120 valence electrons. The zero-order chi connectivity index (χ0) is 16.0. The van der Waals surface area contributed by atoms with Crippen molar-refractivity contribution in [2.45, 2.75) is 51.6 Å². The van der Waals surface area contributed by atoms with Gasteiger partial charge < -0.3 is 5.32 Å². The lowest BCUT2D eigenvalue weighted by atomic mass is 10.1. The SMILES string of the molecule is CCCNCc1ccc(Cl)c(S(=O)(=O)NC(C)C(C)C)c1. The van der Waals surface area contributed by atoms with E-state index in [1.54, 1.807) is 12.1 Å². The molecule has 0 radical (unpaired) electrons. The third-order valence-electron chi connectivity index (χ3n) is 3.38. The molecule has 0 amide bonds. The maximum absolute atomic E-state index is 12.4. The molecule has 21 heavy (non-hydrogen) atoms. The number of rotatable bonds is 8. The lowest BCUT2D eigenvalue weighted by Gasteiger charge is -2.18. The number of halogens is 1. The average Bonchev–Trinajstić information content (AvgIpc) is 2.40. The summed E-state index contributed by atoms with van der Waals surface area (Å²) in [6.45, 7) is 9.41. The highest BCUT2D eigenvalue weighted by molar-refractivity contribution is 7.89. The van der Waals surface area contributed by atoms with Crippen LogP contribution in [-0.2, 0) is 16.6 Å². The third-order valence-corrected chi connectivity index (χ3v) is 5.42. The van der Waals surface area contributed by atoms with Gasteiger partial charge in [0.05, 0.1) is 5.02 Å². The summed E-state index contributed by atoms with van der Waals surface area (Å²) in [5, 5.41) is 3.50. The highest BCUT2D eigenvalue weighted by Gasteiger charge is 2.22. The first kappa shape index (κ1) is 18.4. The van der Waals surface area contributed by atoms with Crippen LogP contribution in [0.3, 0.4) is 0 Å². The summed E-state index contributed by atoms with van der Waals surface area (Å²) in [7, 11) is -3.60. The van der Waals surface area contributed by atoms with E-state index < -0.39 is 10.0 Å². The van der Waals surface area contributed by atoms with Gasteiger partial charge in [0.25, 0.3) is 0 Å². The predicted octanol–water partition coefficient (Wildman–Crippen LogP) is 3.16. The fourth-order valence-electron chi connectivity index (χ4n) is 1.72. The number of benzene rings is 1. The monoisotopic (exact) mass is 332 g/mol. The lowest BCUT2D eigenvalue weighted by molar-refractivity contribution is 0.476. The summed E-state index contributed by atoms with van der Waals surface area (Å²) in [5.74, 6) is 0.216. The van der Waals surface area contributed by atoms with E-state index in [0.717, 1.165) is 18.5 Å². The normalized spacial score (nSPS) is 13.6. The van der Waals surface area contributed by atoms with Gasteiger partial charge in [0.15, 0.2) is 0 Å². The molecule has 0 aliphatic rings. The van der Waals surface area contributed by atoms with E-state index in [-0.39, 0.29) is 21.9 Å². The Labute approximate surface area is 133 Å². The highest BCUT2D eigenvalue weighted by Crippen LogP contribution is 2.23. The van der Waals surface area contributed by atoms with Crippen molar-refractivity contribution in [3.8, 4) is 0 Å². The Balaban J connectivity index is 2.97. The van der Waals surface area contributed by atoms with Crippen LogP contribution >= 0.6 is 11.6 Å². The quantitative estimate of drug-likeness (QED) is 0.719. The van der Waals surface area contributed by atoms with Gasteiger partial charge in [-0.15, -0.1) is 0 Å². The molecule has 0 saturated carbocycles. The second kappa shape index (κ2) is 8.13. The van der Waals surface area contributed by atoms with Crippen molar-refractivity contribution in [3.63, 3.8) is 0 Å². The van der Waals surface area contributed by atoms with Crippen LogP contribution in [0.25, 0.3) is 0 Å². The molecule has 0 heterocycles. The van der Waals surface area contributed by atoms with Crippen molar-refractivity contribution in [3.05, 3.63) is 28.8 Å². The van der Waals surface area contributed by atoms with Crippen molar-refractivity contribution < 1.29 is 8.42 Å². The molecule has 0 aliphatic carbocycles. The van der Waals surface area contributed by atoms with Gasteiger partial charge in [0.2, 0.25) is 10.0 Å². The van der Waals surface area contributed by atoms with Crippen molar-refractivity contribution >= 4 is 21.6 Å². The van der Waals surface area contributed by atoms with Crippen LogP contribution in [0.15, 0.2) is 23.1 Å². The standard InChI is InChI=1S/C15H25ClN2O2S/c1-5-8-17-10-13-6-7-14(16)15(9-13)21(19,20)18-12(4)11(2)3/h6-7,9,11-12,17-18H,5,8,10H2,1-4H3. The van der Waals surface area contributed by atoms with Gasteiger partial charge in [0, 0.05) is 12.6 Å². The zero-order valence-corrected chi connectivity index (χ0v) is 14.7. The van der Waals surface area contributed by atoms with Gasteiger partial charge in [-0.05, 0) is 43.5 Å². The second-order valence-corrected chi connectivity index (χ2v) is 7.69. The smallest absolute Gasteiger partial charge is 0.242 e. The van der Waals surface area contributed by atoms with Crippen LogP contribution in [0.1, 0.15) is 39.7 Å². The van der Waals surface area contributed by atoms with Gasteiger partial charge in [-0.3, -0.25) is 0 Å². The van der Waals surface area contributed by atoms with Crippen LogP contribution in [0.4, 0.5) is 0 Å². The maximum Gasteiger partial charge on any atom is 0.242 e. The van der Waals surface area contributed by atoms with Gasteiger partial charge in [-0.1, -0.05) is 38.4 Å². The number of hydrogen-bond acceptors (Lipinski definition) is 3. The van der Waals surface area contributed by atoms with Gasteiger partial charge in [-0.25, -0.2) is 13.1 Å². The van der Waals surface area contributed by atoms with Crippen LogP contribution in [0, 0.1) is 5.92 Å². The second-order valence-electron chi connectivity index (χ2n) is 5.60. The number of sulfonamides is 1. The zero-order valence-electron chi connectivity index (χ0n) is 13.1. The Morgan fingerprint density at radius 1 is 1.24 bits per heavy atom. The maximum atomic E-state index is 12.4. The van der Waals surface area contributed by atoms with E-state index in [0.29, 0.717) is 6.54 Å². The summed E-state index contributed by atoms with van der Waals surface area (Å²) in [5.41, 5.74) is 0.908. The lowest BCUT2D eigenvalue weighted by Crippen LogP contribution is -2.36. The Kier molecular flexibility index (Phi) is 7.13. The molecule has 4 nitrogen and oxygen atoms in total. The van der Waals surface area contributed by atoms with E-state index in [2.05, 4.69) is 17.0 Å². The fraction of sp³-hybridized carbons (Fsp3) is 0.600. The van der Waals surface area contributed by atoms with Crippen LogP contribution in [0.2, 0.25) is 5.02 Å². The minimum atomic E-state index is -3.60. The van der Waals surface area contributed by atoms with Crippen molar-refractivity contribution in [1.29, 1.82) is 0 Å². The van der Waals surface area contributed by atoms with Gasteiger partial charge >= 0.3 is 0 Å². The Bertz CT molecular complexity index is 559. The van der Waals surface area contributed by atoms with Crippen molar-refractivity contribution in [2.75, 3.05) is 6.54 Å². The van der Waals surface area contributed by atoms with Gasteiger partial charge in [0.1, 0.15) is 4.90 Å². The molecule has 6 heteroatoms. The van der Waals surface area contributed by atoms with Crippen LogP contribution in [-0.4, -0.2) is 21.0 Å². The van der Waals surface area contributed by atoms with Crippen molar-refractivity contribution in [2.24, 2.45) is 5.92 Å². The number of nitrogens with one attached hydrogen (secondary N) is 2. The summed E-state index contributed by atoms with van der Waals surface area (Å²) < 4.78 is 27.5. The molecule has 1 aromatic rings. The first-order valence-electron chi connectivity index (χ1n) is 7.29. The Morgan fingerprint density at radius 3 is 2.48 bits per heavy atom. The predicted molar refractivity (Wildman–Crippen MR) is 88.1 cm³/mol. The van der Waals surface area contributed by atoms with Crippen LogP contribution < -0.4 is 10.0 Å². The Hall–Kier alpha value is -0.620. The topological polar surface area (TPSA) is 58.2 Å². The number of hydrogen-bond donors (Lipinski definition) is 2. The first-order chi connectivity index (χ1) is 9.77. The third kappa shape index (κ3) is 5.58. The largest absolute Gasteiger partial charge is 0.313 e. The summed E-state index contributed by atoms with van der Waals surface area (Å²) in [6.07, 6.45) is 1.03. The van der Waals surface area contributed by atoms with E-state index in [1.165, 1.54) is 0 Å². The van der Waals surface area contributed by atoms with Crippen LogP contribution in [0.5, 0.6) is 0 Å². The molecule has 0 spiro atoms. The van der Waals surface area contributed by atoms with E-state index in [1.807, 2.05) is 26.8 Å². The molecule has 1 unspecified atom stereocenters. The summed E-state index contributed by atoms with van der Waals surface area (Å²) >= 11 is 6.07. The molecule has 2 N–H and O–H groups in total. The molecule has 1 aromatic carbocycles. The molecule has 0 aliphatic heterocycles. The Morgan fingerprint density at radius 2 is 1.90 bits per heavy atom. The first-order valence-corrected chi connectivity index (χ1v) is 9.15. The average molecular weight is 333 g/mol. The fourth-order valence-corrected chi connectivity index (χ4v) is 3.66. The molecule has 0 bridgehead atoms. The minimum Gasteiger partial charge on any atom is -0.313 e. The molecule has 1 atom stereocenters. The molecule has 0 saturated heterocycles. The summed E-state index contributed by atoms with van der Waals surface area (Å²) in [6, 6.07) is 4.97. The summed E-state index contributed by atoms with van der Waals surface area (Å²) in [4.78, 5) is 0.146. The molecule has 1 rings (SSSR count). The van der Waals surface area contributed by atoms with Crippen molar-refractivity contribution in [1.82, 2.24) is 10.0 Å².